The largest absolute Gasteiger partial charge is 0.375 e. The van der Waals surface area contributed by atoms with E-state index < -0.39 is 0 Å². The Kier molecular flexibility index (Phi) is 1.96. The third kappa shape index (κ3) is 1.52. The third-order valence-corrected chi connectivity index (χ3v) is 2.96. The van der Waals surface area contributed by atoms with Crippen LogP contribution in [0.3, 0.4) is 0 Å². The zero-order valence-electron chi connectivity index (χ0n) is 7.74. The van der Waals surface area contributed by atoms with Gasteiger partial charge in [-0.05, 0) is 18.4 Å². The van der Waals surface area contributed by atoms with Gasteiger partial charge in [0.05, 0.1) is 9.88 Å². The summed E-state index contributed by atoms with van der Waals surface area (Å²) in [5.41, 5.74) is 6.86. The van der Waals surface area contributed by atoms with Gasteiger partial charge in [0.25, 0.3) is 0 Å². The molecule has 1 unspecified atom stereocenters. The van der Waals surface area contributed by atoms with Crippen molar-refractivity contribution in [3.05, 3.63) is 22.0 Å². The molecule has 3 heteroatoms. The van der Waals surface area contributed by atoms with Crippen LogP contribution >= 0.6 is 11.3 Å². The quantitative estimate of drug-likeness (QED) is 0.663. The highest BCUT2D eigenvalue weighted by Crippen LogP contribution is 2.07. The number of thiazole rings is 1. The van der Waals surface area contributed by atoms with E-state index in [1.54, 1.807) is 11.3 Å². The summed E-state index contributed by atoms with van der Waals surface area (Å²) in [4.78, 5) is 4.30. The van der Waals surface area contributed by atoms with Crippen molar-refractivity contribution < 1.29 is 0 Å². The smallest absolute Gasteiger partial charge is 0.181 e. The lowest BCUT2D eigenvalue weighted by Crippen LogP contribution is -2.22. The highest BCUT2D eigenvalue weighted by Gasteiger charge is 2.03. The number of hydrogen-bond acceptors (Lipinski definition) is 3. The molecule has 2 nitrogen and oxygen atoms in total. The van der Waals surface area contributed by atoms with Crippen LogP contribution in [0.2, 0.25) is 0 Å². The van der Waals surface area contributed by atoms with Crippen molar-refractivity contribution in [1.82, 2.24) is 4.98 Å². The molecule has 0 aromatic carbocycles. The number of aromatic nitrogens is 1. The number of hydrogen-bond donors (Lipinski definition) is 1. The van der Waals surface area contributed by atoms with E-state index in [2.05, 4.69) is 37.1 Å². The maximum atomic E-state index is 5.67. The van der Waals surface area contributed by atoms with Crippen LogP contribution in [0.5, 0.6) is 0 Å². The van der Waals surface area contributed by atoms with Crippen LogP contribution in [-0.2, 0) is 0 Å². The fourth-order valence-electron chi connectivity index (χ4n) is 1.41. The van der Waals surface area contributed by atoms with Gasteiger partial charge < -0.3 is 5.73 Å². The van der Waals surface area contributed by atoms with E-state index in [1.165, 1.54) is 10.1 Å². The average Bonchev–Trinajstić information content (AvgIpc) is 2.37. The zero-order valence-corrected chi connectivity index (χ0v) is 8.56. The van der Waals surface area contributed by atoms with Crippen LogP contribution in [0.15, 0.2) is 12.2 Å². The second-order valence-corrected chi connectivity index (χ2v) is 4.40. The Morgan fingerprint density at radius 1 is 1.54 bits per heavy atom. The molecule has 0 saturated carbocycles. The molecule has 0 spiro atoms. The minimum atomic E-state index is 0.469. The monoisotopic (exact) mass is 192 g/mol. The predicted molar refractivity (Wildman–Crippen MR) is 57.6 cm³/mol. The lowest BCUT2D eigenvalue weighted by atomic mass is 10.1. The summed E-state index contributed by atoms with van der Waals surface area (Å²) in [5.74, 6) is 0.469. The second-order valence-electron chi connectivity index (χ2n) is 3.33. The number of nitrogens with zero attached hydrogens (tertiary/aromatic N) is 1. The van der Waals surface area contributed by atoms with Crippen molar-refractivity contribution in [1.29, 1.82) is 0 Å². The van der Waals surface area contributed by atoms with Crippen LogP contribution in [-0.4, -0.2) is 4.98 Å². The number of allylic oxidation sites excluding steroid dienone is 2. The molecule has 0 fully saturated rings. The van der Waals surface area contributed by atoms with Crippen LogP contribution in [0, 0.1) is 5.92 Å². The number of fused-ring (bicyclic) bond motifs is 1. The topological polar surface area (TPSA) is 38.9 Å². The van der Waals surface area contributed by atoms with Gasteiger partial charge in [-0.15, -0.1) is 0 Å². The van der Waals surface area contributed by atoms with E-state index in [0.29, 0.717) is 11.0 Å². The summed E-state index contributed by atoms with van der Waals surface area (Å²) in [6, 6.07) is 0. The van der Waals surface area contributed by atoms with Crippen molar-refractivity contribution in [3.63, 3.8) is 0 Å². The molecule has 1 atom stereocenters. The standard InChI is InChI=1S/C10H12N2S/c1-6-3-4-7(2)9-8(5-6)13-10(11)12-9/h3-6H,1-2H3,(H2,11,12). The molecule has 0 radical (unpaired) electrons. The first-order valence-corrected chi connectivity index (χ1v) is 5.12. The minimum Gasteiger partial charge on any atom is -0.375 e. The third-order valence-electron chi connectivity index (χ3n) is 2.11. The van der Waals surface area contributed by atoms with Crippen LogP contribution < -0.4 is 15.6 Å². The van der Waals surface area contributed by atoms with Gasteiger partial charge in [-0.1, -0.05) is 36.5 Å². The molecule has 1 aromatic rings. The molecule has 68 valence electrons. The van der Waals surface area contributed by atoms with E-state index >= 15 is 0 Å². The predicted octanol–water partition coefficient (Wildman–Crippen LogP) is 0.882. The van der Waals surface area contributed by atoms with Gasteiger partial charge in [-0.2, -0.15) is 0 Å². The number of anilines is 1. The fourth-order valence-corrected chi connectivity index (χ4v) is 2.36. The highest BCUT2D eigenvalue weighted by atomic mass is 32.1. The Morgan fingerprint density at radius 3 is 3.08 bits per heavy atom. The number of nitrogens with two attached hydrogens (primary N) is 1. The van der Waals surface area contributed by atoms with E-state index in [4.69, 9.17) is 5.73 Å². The molecule has 2 rings (SSSR count). The molecule has 0 saturated heterocycles. The van der Waals surface area contributed by atoms with Gasteiger partial charge in [-0.3, -0.25) is 0 Å². The first-order chi connectivity index (χ1) is 6.16. The molecule has 13 heavy (non-hydrogen) atoms. The molecule has 0 bridgehead atoms. The van der Waals surface area contributed by atoms with Crippen molar-refractivity contribution >= 4 is 28.1 Å². The van der Waals surface area contributed by atoms with Crippen molar-refractivity contribution in [2.45, 2.75) is 13.8 Å². The SMILES string of the molecule is CC1=c2nc(N)sc2=CC(C)C=C1. The van der Waals surface area contributed by atoms with Gasteiger partial charge in [-0.25, -0.2) is 4.98 Å². The van der Waals surface area contributed by atoms with Gasteiger partial charge in [0.15, 0.2) is 5.13 Å². The number of nitrogen functional groups attached to an aromatic ring is 1. The van der Waals surface area contributed by atoms with Gasteiger partial charge in [0, 0.05) is 0 Å². The molecule has 0 aliphatic heterocycles. The Balaban J connectivity index is 2.83. The Hall–Kier alpha value is -1.09. The maximum Gasteiger partial charge on any atom is 0.181 e. The molecule has 1 aliphatic rings. The lowest BCUT2D eigenvalue weighted by molar-refractivity contribution is 1.000. The summed E-state index contributed by atoms with van der Waals surface area (Å²) in [7, 11) is 0. The molecular formula is C10H12N2S. The molecule has 1 aliphatic carbocycles. The normalized spacial score (nSPS) is 20.8. The van der Waals surface area contributed by atoms with E-state index in [9.17, 15) is 0 Å². The van der Waals surface area contributed by atoms with Crippen molar-refractivity contribution in [2.24, 2.45) is 5.92 Å². The highest BCUT2D eigenvalue weighted by molar-refractivity contribution is 7.13. The zero-order chi connectivity index (χ0) is 9.42. The molecule has 1 heterocycles. The van der Waals surface area contributed by atoms with Crippen LogP contribution in [0.4, 0.5) is 5.13 Å². The second kappa shape index (κ2) is 3.00. The van der Waals surface area contributed by atoms with Crippen molar-refractivity contribution in [2.75, 3.05) is 5.73 Å². The Labute approximate surface area is 81.1 Å². The van der Waals surface area contributed by atoms with E-state index in [0.717, 1.165) is 5.35 Å². The Morgan fingerprint density at radius 2 is 2.31 bits per heavy atom. The van der Waals surface area contributed by atoms with Crippen LogP contribution in [0.1, 0.15) is 13.8 Å². The summed E-state index contributed by atoms with van der Waals surface area (Å²) < 4.78 is 1.20. The summed E-state index contributed by atoms with van der Waals surface area (Å²) in [6.07, 6.45) is 6.50. The number of rotatable bonds is 0. The fraction of sp³-hybridized carbons (Fsp3) is 0.300. The van der Waals surface area contributed by atoms with Gasteiger partial charge >= 0.3 is 0 Å². The molecule has 2 N–H and O–H groups in total. The maximum absolute atomic E-state index is 5.67. The summed E-state index contributed by atoms with van der Waals surface area (Å²) in [5, 5.41) is 1.70. The van der Waals surface area contributed by atoms with Gasteiger partial charge in [0.1, 0.15) is 0 Å². The van der Waals surface area contributed by atoms with Gasteiger partial charge in [0.2, 0.25) is 0 Å². The first-order valence-electron chi connectivity index (χ1n) is 4.30. The summed E-state index contributed by atoms with van der Waals surface area (Å²) >= 11 is 1.56. The lowest BCUT2D eigenvalue weighted by Gasteiger charge is -1.92. The average molecular weight is 192 g/mol. The van der Waals surface area contributed by atoms with E-state index in [-0.39, 0.29) is 0 Å². The molecule has 0 amide bonds. The Bertz CT molecular complexity index is 468. The van der Waals surface area contributed by atoms with Crippen LogP contribution in [0.25, 0.3) is 11.6 Å². The molecule has 1 aromatic heterocycles. The molecular weight excluding hydrogens is 180 g/mol. The summed E-state index contributed by atoms with van der Waals surface area (Å²) in [6.45, 7) is 4.23. The van der Waals surface area contributed by atoms with E-state index in [1.807, 2.05) is 0 Å². The first kappa shape index (κ1) is 8.51. The van der Waals surface area contributed by atoms with Crippen molar-refractivity contribution in [3.8, 4) is 0 Å². The minimum absolute atomic E-state index is 0.469.